The lowest BCUT2D eigenvalue weighted by atomic mass is 10.3. The van der Waals surface area contributed by atoms with Gasteiger partial charge in [0.2, 0.25) is 5.85 Å². The van der Waals surface area contributed by atoms with Crippen molar-refractivity contribution in [3.63, 3.8) is 0 Å². The van der Waals surface area contributed by atoms with E-state index >= 15 is 0 Å². The van der Waals surface area contributed by atoms with Gasteiger partial charge < -0.3 is 24.3 Å². The van der Waals surface area contributed by atoms with E-state index in [1.807, 2.05) is 87.9 Å². The summed E-state index contributed by atoms with van der Waals surface area (Å²) in [6, 6.07) is 9.06. The number of nitrogens with zero attached hydrogens (tertiary/aromatic N) is 5. The van der Waals surface area contributed by atoms with Crippen molar-refractivity contribution in [2.45, 2.75) is 65.3 Å². The number of fused-ring (bicyclic) bond motifs is 1. The van der Waals surface area contributed by atoms with Gasteiger partial charge in [-0.25, -0.2) is 15.0 Å². The normalized spacial score (nSPS) is 16.1. The van der Waals surface area contributed by atoms with Crippen LogP contribution in [0.5, 0.6) is 5.75 Å². The van der Waals surface area contributed by atoms with Crippen LogP contribution in [0.25, 0.3) is 11.2 Å². The minimum absolute atomic E-state index is 0.200. The molecular weight excluding hydrogens is 467 g/mol. The molecule has 11 heteroatoms. The van der Waals surface area contributed by atoms with Crippen LogP contribution in [-0.2, 0) is 20.8 Å². The number of benzene rings is 1. The highest BCUT2D eigenvalue weighted by Crippen LogP contribution is 2.63. The molecule has 0 saturated carbocycles. The summed E-state index contributed by atoms with van der Waals surface area (Å²) in [5.41, 5.74) is 7.13. The van der Waals surface area contributed by atoms with Crippen LogP contribution in [0.1, 0.15) is 34.6 Å². The van der Waals surface area contributed by atoms with Crippen LogP contribution < -0.4 is 10.3 Å². The maximum absolute atomic E-state index is 12.7. The summed E-state index contributed by atoms with van der Waals surface area (Å²) in [5.74, 6) is 0.434. The zero-order chi connectivity index (χ0) is 25.8. The molecule has 3 aromatic rings. The minimum Gasteiger partial charge on any atom is -0.462 e. The van der Waals surface area contributed by atoms with Gasteiger partial charge >= 0.3 is 5.97 Å². The lowest BCUT2D eigenvalue weighted by Crippen LogP contribution is -2.43. The molecule has 0 amide bonds. The number of likely N-dealkylation sites (N-methyl/N-ethyl adjacent to an activating group) is 1. The number of nitrogen functional groups attached to an aromatic ring is 1. The number of hydrogen-bond acceptors (Lipinski definition) is 9. The highest BCUT2D eigenvalue weighted by Gasteiger charge is 2.52. The van der Waals surface area contributed by atoms with E-state index in [4.69, 9.17) is 19.7 Å². The standard InChI is InChI=1S/C24H36N6O4P/c1-16(2)32-24(31)18(4)29(6)35(7,34-20-11-9-8-10-12-20)19(5)33-17(3)13-30-15-28-21-22(25)26-14-27-23(21)30/h8-12,14-19H,13H2,1-7H3,(H2,25,26,27)/q+1/t17-,18?,19?,35?/m1/s1. The Morgan fingerprint density at radius 2 is 1.80 bits per heavy atom. The van der Waals surface area contributed by atoms with E-state index in [-0.39, 0.29) is 24.0 Å². The predicted molar refractivity (Wildman–Crippen MR) is 138 cm³/mol. The Labute approximate surface area is 207 Å². The summed E-state index contributed by atoms with van der Waals surface area (Å²) in [4.78, 5) is 25.4. The van der Waals surface area contributed by atoms with Gasteiger partial charge in [-0.15, -0.1) is 4.67 Å². The third-order valence-electron chi connectivity index (χ3n) is 5.90. The van der Waals surface area contributed by atoms with Gasteiger partial charge in [-0.1, -0.05) is 18.2 Å². The molecule has 1 aromatic carbocycles. The number of para-hydroxylation sites is 1. The first-order chi connectivity index (χ1) is 16.5. The molecule has 2 heterocycles. The molecule has 0 fully saturated rings. The number of carbonyl (C=O) groups is 1. The second-order valence-electron chi connectivity index (χ2n) is 8.96. The van der Waals surface area contributed by atoms with Gasteiger partial charge in [0.1, 0.15) is 24.6 Å². The number of hydrogen-bond donors (Lipinski definition) is 1. The monoisotopic (exact) mass is 503 g/mol. The molecule has 4 atom stereocenters. The molecular formula is C24H36N6O4P+. The van der Waals surface area contributed by atoms with Gasteiger partial charge in [-0.3, -0.25) is 4.79 Å². The van der Waals surface area contributed by atoms with Crippen LogP contribution in [-0.4, -0.2) is 68.0 Å². The Bertz CT molecular complexity index is 1130. The molecule has 0 saturated heterocycles. The van der Waals surface area contributed by atoms with Gasteiger partial charge in [0.25, 0.3) is 7.64 Å². The number of anilines is 1. The van der Waals surface area contributed by atoms with Crippen molar-refractivity contribution < 1.29 is 18.8 Å². The van der Waals surface area contributed by atoms with Crippen molar-refractivity contribution in [2.75, 3.05) is 19.4 Å². The molecule has 190 valence electrons. The van der Waals surface area contributed by atoms with Crippen molar-refractivity contribution in [3.05, 3.63) is 43.0 Å². The summed E-state index contributed by atoms with van der Waals surface area (Å²) >= 11 is 0. The summed E-state index contributed by atoms with van der Waals surface area (Å²) in [7, 11) is -0.601. The molecule has 3 rings (SSSR count). The summed E-state index contributed by atoms with van der Waals surface area (Å²) in [6.45, 7) is 12.0. The number of imidazole rings is 1. The molecule has 2 aromatic heterocycles. The molecule has 0 spiro atoms. The lowest BCUT2D eigenvalue weighted by Gasteiger charge is -2.37. The van der Waals surface area contributed by atoms with E-state index in [2.05, 4.69) is 15.0 Å². The largest absolute Gasteiger partial charge is 0.462 e. The fourth-order valence-electron chi connectivity index (χ4n) is 3.72. The van der Waals surface area contributed by atoms with Crippen LogP contribution >= 0.6 is 7.64 Å². The lowest BCUT2D eigenvalue weighted by molar-refractivity contribution is -0.151. The van der Waals surface area contributed by atoms with Crippen LogP contribution in [0.4, 0.5) is 5.82 Å². The van der Waals surface area contributed by atoms with Crippen molar-refractivity contribution in [1.82, 2.24) is 24.2 Å². The fourth-order valence-corrected chi connectivity index (χ4v) is 6.27. The highest BCUT2D eigenvalue weighted by atomic mass is 31.2. The Kier molecular flexibility index (Phi) is 8.64. The SMILES string of the molecule is CC(C)OC(=O)C(C)N(C)[P+](C)(Oc1ccccc1)C(C)O[C@H](C)Cn1cnc2c(N)ncnc21. The average Bonchev–Trinajstić information content (AvgIpc) is 3.22. The number of aromatic nitrogens is 4. The van der Waals surface area contributed by atoms with Gasteiger partial charge in [-0.2, -0.15) is 0 Å². The Morgan fingerprint density at radius 1 is 1.11 bits per heavy atom. The Hall–Kier alpha value is -2.81. The number of nitrogens with two attached hydrogens (primary N) is 1. The third kappa shape index (κ3) is 6.25. The Balaban J connectivity index is 1.81. The maximum Gasteiger partial charge on any atom is 0.327 e. The first-order valence-corrected chi connectivity index (χ1v) is 13.8. The molecule has 10 nitrogen and oxygen atoms in total. The first-order valence-electron chi connectivity index (χ1n) is 11.6. The summed E-state index contributed by atoms with van der Waals surface area (Å²) < 4.78 is 22.4. The predicted octanol–water partition coefficient (Wildman–Crippen LogP) is 3.99. The van der Waals surface area contributed by atoms with Crippen molar-refractivity contribution >= 4 is 30.6 Å². The molecule has 0 radical (unpaired) electrons. The number of carbonyl (C=O) groups excluding carboxylic acids is 1. The minimum atomic E-state index is -2.49. The van der Waals surface area contributed by atoms with Gasteiger partial charge in [0.15, 0.2) is 17.2 Å². The molecule has 0 bridgehead atoms. The van der Waals surface area contributed by atoms with Crippen LogP contribution in [0.3, 0.4) is 0 Å². The molecule has 0 aliphatic carbocycles. The maximum atomic E-state index is 12.7. The van der Waals surface area contributed by atoms with Gasteiger partial charge in [-0.05, 0) is 39.8 Å². The van der Waals surface area contributed by atoms with E-state index in [9.17, 15) is 4.79 Å². The number of rotatable bonds is 11. The topological polar surface area (TPSA) is 118 Å². The van der Waals surface area contributed by atoms with Gasteiger partial charge in [0, 0.05) is 14.0 Å². The first kappa shape index (κ1) is 26.8. The second-order valence-corrected chi connectivity index (χ2v) is 12.4. The quantitative estimate of drug-likeness (QED) is 0.306. The van der Waals surface area contributed by atoms with Gasteiger partial charge in [0.05, 0.1) is 25.1 Å². The third-order valence-corrected chi connectivity index (χ3v) is 9.55. The molecule has 2 N–H and O–H groups in total. The summed E-state index contributed by atoms with van der Waals surface area (Å²) in [6.07, 6.45) is 2.70. The summed E-state index contributed by atoms with van der Waals surface area (Å²) in [5, 5.41) is 0. The van der Waals surface area contributed by atoms with E-state index in [0.29, 0.717) is 23.5 Å². The average molecular weight is 504 g/mol. The molecule has 0 aliphatic heterocycles. The van der Waals surface area contributed by atoms with Crippen molar-refractivity contribution in [2.24, 2.45) is 0 Å². The second kappa shape index (κ2) is 11.3. The van der Waals surface area contributed by atoms with E-state index in [0.717, 1.165) is 5.75 Å². The number of ether oxygens (including phenoxy) is 2. The zero-order valence-corrected chi connectivity index (χ0v) is 22.3. The molecule has 0 aliphatic rings. The number of esters is 1. The van der Waals surface area contributed by atoms with Crippen LogP contribution in [0.15, 0.2) is 43.0 Å². The highest BCUT2D eigenvalue weighted by molar-refractivity contribution is 7.69. The van der Waals surface area contributed by atoms with Crippen LogP contribution in [0.2, 0.25) is 0 Å². The smallest absolute Gasteiger partial charge is 0.327 e. The van der Waals surface area contributed by atoms with E-state index in [1.165, 1.54) is 6.33 Å². The zero-order valence-electron chi connectivity index (χ0n) is 21.5. The van der Waals surface area contributed by atoms with E-state index in [1.54, 1.807) is 6.33 Å². The molecule has 35 heavy (non-hydrogen) atoms. The molecule has 3 unspecified atom stereocenters. The van der Waals surface area contributed by atoms with Crippen molar-refractivity contribution in [3.8, 4) is 5.75 Å². The fraction of sp³-hybridized carbons (Fsp3) is 0.500. The van der Waals surface area contributed by atoms with E-state index < -0.39 is 13.7 Å². The Morgan fingerprint density at radius 3 is 2.46 bits per heavy atom. The van der Waals surface area contributed by atoms with Crippen molar-refractivity contribution in [1.29, 1.82) is 0 Å². The van der Waals surface area contributed by atoms with Crippen LogP contribution in [0, 0.1) is 0 Å².